The van der Waals surface area contributed by atoms with Gasteiger partial charge in [0, 0.05) is 18.9 Å². The summed E-state index contributed by atoms with van der Waals surface area (Å²) in [4.78, 5) is 41.6. The summed E-state index contributed by atoms with van der Waals surface area (Å²) in [5.41, 5.74) is 0.301. The van der Waals surface area contributed by atoms with Crippen molar-refractivity contribution in [3.05, 3.63) is 11.6 Å². The molecule has 0 amide bonds. The molecule has 0 fully saturated rings. The van der Waals surface area contributed by atoms with Gasteiger partial charge < -0.3 is 10.2 Å². The van der Waals surface area contributed by atoms with E-state index in [2.05, 4.69) is 31.9 Å². The van der Waals surface area contributed by atoms with E-state index in [-0.39, 0.29) is 11.6 Å². The van der Waals surface area contributed by atoms with Crippen LogP contribution in [0.2, 0.25) is 0 Å². The number of allylic oxidation sites excluding steroid dienone is 1. The van der Waals surface area contributed by atoms with Gasteiger partial charge in [0.05, 0.1) is 0 Å². The van der Waals surface area contributed by atoms with Crippen LogP contribution in [0.25, 0.3) is 0 Å². The fraction of sp³-hybridized carbons (Fsp3) is 0.571. The zero-order valence-electron chi connectivity index (χ0n) is 12.9. The van der Waals surface area contributed by atoms with Gasteiger partial charge in [-0.3, -0.25) is 14.4 Å². The SMILES string of the molecule is CCC(=O)C(C)(Br)C(Br)C(=O)O.CCC(=O)C(C)=CC(=O)O. The number of carbonyl (C=O) groups excluding carboxylic acids is 2. The van der Waals surface area contributed by atoms with Gasteiger partial charge in [-0.05, 0) is 19.4 Å². The van der Waals surface area contributed by atoms with E-state index in [9.17, 15) is 19.2 Å². The van der Waals surface area contributed by atoms with Crippen LogP contribution in [0.1, 0.15) is 40.5 Å². The molecule has 0 aliphatic carbocycles. The van der Waals surface area contributed by atoms with Crippen LogP contribution in [0.3, 0.4) is 0 Å². The third-order valence-corrected chi connectivity index (χ3v) is 5.48. The monoisotopic (exact) mass is 442 g/mol. The number of halogens is 2. The van der Waals surface area contributed by atoms with Crippen molar-refractivity contribution in [3.63, 3.8) is 0 Å². The fourth-order valence-electron chi connectivity index (χ4n) is 1.26. The molecule has 0 aromatic heterocycles. The number of ketones is 2. The smallest absolute Gasteiger partial charge is 0.328 e. The van der Waals surface area contributed by atoms with E-state index in [1.807, 2.05) is 0 Å². The number of Topliss-reactive ketones (excluding diaryl/α,β-unsaturated/α-hetero) is 2. The summed E-state index contributed by atoms with van der Waals surface area (Å²) in [5.74, 6) is -2.37. The Balaban J connectivity index is 0. The topological polar surface area (TPSA) is 109 Å². The Bertz CT molecular complexity index is 468. The molecule has 22 heavy (non-hydrogen) atoms. The first kappa shape index (κ1) is 23.2. The molecule has 2 atom stereocenters. The van der Waals surface area contributed by atoms with E-state index in [0.29, 0.717) is 18.4 Å². The number of alkyl halides is 2. The third-order valence-electron chi connectivity index (χ3n) is 2.66. The number of carboxylic acids is 2. The lowest BCUT2D eigenvalue weighted by atomic mass is 10.0. The van der Waals surface area contributed by atoms with Gasteiger partial charge in [0.15, 0.2) is 11.6 Å². The predicted octanol–water partition coefficient (Wildman–Crippen LogP) is 2.96. The lowest BCUT2D eigenvalue weighted by Gasteiger charge is -2.22. The first-order chi connectivity index (χ1) is 9.91. The van der Waals surface area contributed by atoms with Gasteiger partial charge in [0.2, 0.25) is 0 Å². The molecule has 126 valence electrons. The number of rotatable bonds is 7. The van der Waals surface area contributed by atoms with Crippen molar-refractivity contribution in [3.8, 4) is 0 Å². The minimum absolute atomic E-state index is 0.123. The zero-order valence-corrected chi connectivity index (χ0v) is 16.0. The molecular formula is C14H20Br2O6. The molecule has 0 spiro atoms. The van der Waals surface area contributed by atoms with Gasteiger partial charge in [-0.2, -0.15) is 0 Å². The minimum atomic E-state index is -1.07. The van der Waals surface area contributed by atoms with E-state index < -0.39 is 21.1 Å². The molecule has 0 heterocycles. The van der Waals surface area contributed by atoms with E-state index in [1.54, 1.807) is 20.8 Å². The molecule has 0 saturated heterocycles. The largest absolute Gasteiger partial charge is 0.480 e. The van der Waals surface area contributed by atoms with Crippen LogP contribution in [0.4, 0.5) is 0 Å². The Morgan fingerprint density at radius 1 is 1.14 bits per heavy atom. The molecule has 2 unspecified atom stereocenters. The maximum absolute atomic E-state index is 11.2. The molecule has 0 aromatic rings. The molecule has 0 radical (unpaired) electrons. The average Bonchev–Trinajstić information content (AvgIpc) is 2.44. The summed E-state index contributed by atoms with van der Waals surface area (Å²) < 4.78 is -1.02. The minimum Gasteiger partial charge on any atom is -0.480 e. The molecular weight excluding hydrogens is 424 g/mol. The van der Waals surface area contributed by atoms with Crippen molar-refractivity contribution in [2.45, 2.75) is 49.7 Å². The van der Waals surface area contributed by atoms with Crippen molar-refractivity contribution in [1.29, 1.82) is 0 Å². The van der Waals surface area contributed by atoms with Crippen LogP contribution in [0, 0.1) is 0 Å². The van der Waals surface area contributed by atoms with Gasteiger partial charge in [-0.15, -0.1) is 0 Å². The summed E-state index contributed by atoms with van der Waals surface area (Å²) in [6.45, 7) is 6.44. The highest BCUT2D eigenvalue weighted by molar-refractivity contribution is 9.13. The normalized spacial score (nSPS) is 14.9. The van der Waals surface area contributed by atoms with Crippen LogP contribution in [-0.4, -0.2) is 42.9 Å². The Labute approximate surface area is 146 Å². The maximum atomic E-state index is 11.2. The summed E-state index contributed by atoms with van der Waals surface area (Å²) in [6.07, 6.45) is 1.60. The highest BCUT2D eigenvalue weighted by atomic mass is 79.9. The first-order valence-corrected chi connectivity index (χ1v) is 8.16. The van der Waals surface area contributed by atoms with Gasteiger partial charge in [0.25, 0.3) is 0 Å². The van der Waals surface area contributed by atoms with Crippen LogP contribution in [0.5, 0.6) is 0 Å². The Morgan fingerprint density at radius 2 is 1.59 bits per heavy atom. The van der Waals surface area contributed by atoms with Crippen molar-refractivity contribution in [2.75, 3.05) is 0 Å². The highest BCUT2D eigenvalue weighted by Gasteiger charge is 2.40. The Hall–Kier alpha value is -1.02. The van der Waals surface area contributed by atoms with Gasteiger partial charge in [-0.1, -0.05) is 45.7 Å². The summed E-state index contributed by atoms with van der Waals surface area (Å²) in [5, 5.41) is 16.8. The van der Waals surface area contributed by atoms with Crippen molar-refractivity contribution in [2.24, 2.45) is 0 Å². The number of carbonyl (C=O) groups is 4. The maximum Gasteiger partial charge on any atom is 0.328 e. The summed E-state index contributed by atoms with van der Waals surface area (Å²) in [7, 11) is 0. The van der Waals surface area contributed by atoms with E-state index >= 15 is 0 Å². The van der Waals surface area contributed by atoms with E-state index in [1.165, 1.54) is 6.92 Å². The van der Waals surface area contributed by atoms with Gasteiger partial charge in [0.1, 0.15) is 9.15 Å². The van der Waals surface area contributed by atoms with Gasteiger partial charge in [-0.25, -0.2) is 4.79 Å². The Morgan fingerprint density at radius 3 is 1.86 bits per heavy atom. The standard InChI is InChI=1S/C7H10Br2O3.C7H10O3/c1-3-4(10)7(2,9)5(8)6(11)12;1-3-6(8)5(2)4-7(9)10/h5H,3H2,1-2H3,(H,11,12);4H,3H2,1-2H3,(H,9,10). The molecule has 0 aliphatic rings. The van der Waals surface area contributed by atoms with Crippen molar-refractivity contribution < 1.29 is 29.4 Å². The van der Waals surface area contributed by atoms with Crippen LogP contribution in [0.15, 0.2) is 11.6 Å². The zero-order chi connectivity index (χ0) is 18.1. The first-order valence-electron chi connectivity index (χ1n) is 6.45. The lowest BCUT2D eigenvalue weighted by molar-refractivity contribution is -0.138. The summed E-state index contributed by atoms with van der Waals surface area (Å²) in [6, 6.07) is 0. The molecule has 6 nitrogen and oxygen atoms in total. The average molecular weight is 444 g/mol. The van der Waals surface area contributed by atoms with E-state index in [4.69, 9.17) is 10.2 Å². The second-order valence-corrected chi connectivity index (χ2v) is 7.06. The molecule has 0 saturated carbocycles. The number of hydrogen-bond donors (Lipinski definition) is 2. The lowest BCUT2D eigenvalue weighted by Crippen LogP contribution is -2.41. The molecule has 0 bridgehead atoms. The number of carboxylic acid groups (broad SMARTS) is 2. The molecule has 0 aliphatic heterocycles. The highest BCUT2D eigenvalue weighted by Crippen LogP contribution is 2.30. The van der Waals surface area contributed by atoms with Gasteiger partial charge >= 0.3 is 11.9 Å². The predicted molar refractivity (Wildman–Crippen MR) is 89.7 cm³/mol. The van der Waals surface area contributed by atoms with Crippen LogP contribution >= 0.6 is 31.9 Å². The molecule has 0 rings (SSSR count). The van der Waals surface area contributed by atoms with Crippen LogP contribution in [-0.2, 0) is 19.2 Å². The molecule has 0 aromatic carbocycles. The summed E-state index contributed by atoms with van der Waals surface area (Å²) >= 11 is 6.03. The third kappa shape index (κ3) is 8.43. The molecule has 8 heteroatoms. The van der Waals surface area contributed by atoms with E-state index in [0.717, 1.165) is 6.08 Å². The van der Waals surface area contributed by atoms with Crippen molar-refractivity contribution >= 4 is 55.4 Å². The Kier molecular flexibility index (Phi) is 11.3. The second-order valence-electron chi connectivity index (χ2n) is 4.50. The fourth-order valence-corrected chi connectivity index (χ4v) is 1.99. The quantitative estimate of drug-likeness (QED) is 0.462. The number of aliphatic carboxylic acids is 2. The van der Waals surface area contributed by atoms with Crippen molar-refractivity contribution in [1.82, 2.24) is 0 Å². The molecule has 2 N–H and O–H groups in total. The number of hydrogen-bond acceptors (Lipinski definition) is 4. The second kappa shape index (κ2) is 10.7. The van der Waals surface area contributed by atoms with Crippen LogP contribution < -0.4 is 0 Å².